The van der Waals surface area contributed by atoms with Crippen LogP contribution in [-0.2, 0) is 14.3 Å². The van der Waals surface area contributed by atoms with Gasteiger partial charge < -0.3 is 0 Å². The van der Waals surface area contributed by atoms with Crippen molar-refractivity contribution in [2.24, 2.45) is 0 Å². The van der Waals surface area contributed by atoms with Crippen LogP contribution in [0.2, 0.25) is 0 Å². The van der Waals surface area contributed by atoms with Crippen LogP contribution in [0.4, 0.5) is 0 Å². The van der Waals surface area contributed by atoms with Crippen LogP contribution in [0.3, 0.4) is 0 Å². The van der Waals surface area contributed by atoms with Crippen LogP contribution in [0.25, 0.3) is 10.8 Å². The van der Waals surface area contributed by atoms with Crippen LogP contribution in [0.15, 0.2) is 47.4 Å². The Kier molecular flexibility index (Phi) is 7.06. The molecule has 0 aliphatic heterocycles. The first-order valence-electron chi connectivity index (χ1n) is 8.52. The first-order valence-corrected chi connectivity index (χ1v) is 9.93. The van der Waals surface area contributed by atoms with Crippen molar-refractivity contribution in [1.29, 1.82) is 0 Å². The molecule has 0 amide bonds. The zero-order valence-corrected chi connectivity index (χ0v) is 14.6. The van der Waals surface area contributed by atoms with Gasteiger partial charge in [-0.1, -0.05) is 81.8 Å². The lowest BCUT2D eigenvalue weighted by Crippen LogP contribution is -2.08. The van der Waals surface area contributed by atoms with Gasteiger partial charge in [0.25, 0.3) is 10.1 Å². The summed E-state index contributed by atoms with van der Waals surface area (Å²) in [5, 5.41) is 1.63. The van der Waals surface area contributed by atoms with E-state index in [-0.39, 0.29) is 11.5 Å². The van der Waals surface area contributed by atoms with Gasteiger partial charge in [-0.25, -0.2) is 0 Å². The van der Waals surface area contributed by atoms with E-state index in [4.69, 9.17) is 4.18 Å². The lowest BCUT2D eigenvalue weighted by molar-refractivity contribution is 0.306. The van der Waals surface area contributed by atoms with E-state index in [2.05, 4.69) is 6.92 Å². The van der Waals surface area contributed by atoms with Gasteiger partial charge in [-0.15, -0.1) is 0 Å². The minimum atomic E-state index is -3.69. The Bertz CT molecular complexity index is 702. The summed E-state index contributed by atoms with van der Waals surface area (Å²) >= 11 is 0. The number of hydrogen-bond donors (Lipinski definition) is 0. The first kappa shape index (κ1) is 18.0. The molecule has 0 unspecified atom stereocenters. The molecule has 0 aliphatic rings. The van der Waals surface area contributed by atoms with Crippen molar-refractivity contribution in [2.45, 2.75) is 56.8 Å². The quantitative estimate of drug-likeness (QED) is 0.437. The Labute approximate surface area is 139 Å². The summed E-state index contributed by atoms with van der Waals surface area (Å²) in [5.74, 6) is 0. The Morgan fingerprint density at radius 3 is 2.26 bits per heavy atom. The largest absolute Gasteiger partial charge is 0.297 e. The highest BCUT2D eigenvalue weighted by atomic mass is 32.2. The molecule has 0 aromatic heterocycles. The summed E-state index contributed by atoms with van der Waals surface area (Å²) in [6.45, 7) is 2.46. The first-order chi connectivity index (χ1) is 11.1. The maximum atomic E-state index is 12.4. The molecule has 3 nitrogen and oxygen atoms in total. The van der Waals surface area contributed by atoms with Gasteiger partial charge in [-0.05, 0) is 17.9 Å². The predicted molar refractivity (Wildman–Crippen MR) is 95.1 cm³/mol. The van der Waals surface area contributed by atoms with E-state index in [0.717, 1.165) is 30.0 Å². The third-order valence-electron chi connectivity index (χ3n) is 4.01. The molecular formula is C19H26O3S. The minimum absolute atomic E-state index is 0.263. The maximum Gasteiger partial charge on any atom is 0.297 e. The molecule has 2 aromatic carbocycles. The van der Waals surface area contributed by atoms with E-state index in [1.54, 1.807) is 12.1 Å². The highest BCUT2D eigenvalue weighted by molar-refractivity contribution is 7.87. The van der Waals surface area contributed by atoms with Gasteiger partial charge in [0.05, 0.1) is 6.61 Å². The van der Waals surface area contributed by atoms with Crippen molar-refractivity contribution in [3.63, 3.8) is 0 Å². The Morgan fingerprint density at radius 2 is 1.48 bits per heavy atom. The second-order valence-electron chi connectivity index (χ2n) is 5.87. The summed E-state index contributed by atoms with van der Waals surface area (Å²) in [6, 6.07) is 12.7. The van der Waals surface area contributed by atoms with Crippen molar-refractivity contribution in [3.8, 4) is 0 Å². The molecule has 126 valence electrons. The molecule has 4 heteroatoms. The number of fused-ring (bicyclic) bond motifs is 1. The van der Waals surface area contributed by atoms with Crippen LogP contribution in [-0.4, -0.2) is 15.0 Å². The molecule has 0 radical (unpaired) electrons. The second kappa shape index (κ2) is 9.04. The summed E-state index contributed by atoms with van der Waals surface area (Å²) in [6.07, 6.45) is 7.98. The zero-order chi connectivity index (χ0) is 16.5. The number of benzene rings is 2. The van der Waals surface area contributed by atoms with Crippen molar-refractivity contribution >= 4 is 20.9 Å². The standard InChI is InChI=1S/C19H26O3S/c1-2-3-4-5-6-7-10-16-22-23(20,21)19-15-11-13-17-12-8-9-14-18(17)19/h8-9,11-15H,2-7,10,16H2,1H3. The van der Waals surface area contributed by atoms with E-state index in [1.807, 2.05) is 30.3 Å². The average molecular weight is 334 g/mol. The number of hydrogen-bond acceptors (Lipinski definition) is 3. The molecule has 0 atom stereocenters. The monoisotopic (exact) mass is 334 g/mol. The number of unbranched alkanes of at least 4 members (excludes halogenated alkanes) is 6. The van der Waals surface area contributed by atoms with E-state index >= 15 is 0 Å². The van der Waals surface area contributed by atoms with Gasteiger partial charge in [0.15, 0.2) is 0 Å². The summed E-state index contributed by atoms with van der Waals surface area (Å²) < 4.78 is 30.0. The fourth-order valence-electron chi connectivity index (χ4n) is 2.70. The topological polar surface area (TPSA) is 43.4 Å². The van der Waals surface area contributed by atoms with Crippen LogP contribution >= 0.6 is 0 Å². The molecule has 2 aromatic rings. The van der Waals surface area contributed by atoms with E-state index in [0.29, 0.717) is 0 Å². The van der Waals surface area contributed by atoms with Gasteiger partial charge in [-0.3, -0.25) is 4.18 Å². The Morgan fingerprint density at radius 1 is 0.826 bits per heavy atom. The van der Waals surface area contributed by atoms with Gasteiger partial charge >= 0.3 is 0 Å². The lowest BCUT2D eigenvalue weighted by atomic mass is 10.1. The maximum absolute atomic E-state index is 12.4. The van der Waals surface area contributed by atoms with Crippen molar-refractivity contribution in [1.82, 2.24) is 0 Å². The van der Waals surface area contributed by atoms with Crippen LogP contribution < -0.4 is 0 Å². The molecular weight excluding hydrogens is 308 g/mol. The fraction of sp³-hybridized carbons (Fsp3) is 0.474. The molecule has 0 spiro atoms. The van der Waals surface area contributed by atoms with Crippen LogP contribution in [0.5, 0.6) is 0 Å². The minimum Gasteiger partial charge on any atom is -0.266 e. The third-order valence-corrected chi connectivity index (χ3v) is 5.38. The molecule has 0 heterocycles. The van der Waals surface area contributed by atoms with Gasteiger partial charge in [0, 0.05) is 5.39 Å². The van der Waals surface area contributed by atoms with E-state index < -0.39 is 10.1 Å². The summed E-state index contributed by atoms with van der Waals surface area (Å²) in [4.78, 5) is 0.263. The lowest BCUT2D eigenvalue weighted by Gasteiger charge is -2.08. The predicted octanol–water partition coefficient (Wildman–Crippen LogP) is 5.30. The van der Waals surface area contributed by atoms with Gasteiger partial charge in [-0.2, -0.15) is 8.42 Å². The summed E-state index contributed by atoms with van der Waals surface area (Å²) in [5.41, 5.74) is 0. The van der Waals surface area contributed by atoms with Gasteiger partial charge in [0.1, 0.15) is 4.90 Å². The van der Waals surface area contributed by atoms with E-state index in [1.165, 1.54) is 25.7 Å². The highest BCUT2D eigenvalue weighted by Gasteiger charge is 2.17. The molecule has 2 rings (SSSR count). The molecule has 0 N–H and O–H groups in total. The van der Waals surface area contributed by atoms with Crippen LogP contribution in [0.1, 0.15) is 51.9 Å². The highest BCUT2D eigenvalue weighted by Crippen LogP contribution is 2.24. The van der Waals surface area contributed by atoms with Crippen molar-refractivity contribution in [2.75, 3.05) is 6.61 Å². The molecule has 0 fully saturated rings. The van der Waals surface area contributed by atoms with Crippen molar-refractivity contribution < 1.29 is 12.6 Å². The third kappa shape index (κ3) is 5.33. The normalized spacial score (nSPS) is 11.9. The van der Waals surface area contributed by atoms with Gasteiger partial charge in [0.2, 0.25) is 0 Å². The van der Waals surface area contributed by atoms with Crippen LogP contribution in [0, 0.1) is 0 Å². The molecule has 23 heavy (non-hydrogen) atoms. The molecule has 0 saturated heterocycles. The number of rotatable bonds is 10. The molecule has 0 aliphatic carbocycles. The SMILES string of the molecule is CCCCCCCCCOS(=O)(=O)c1cccc2ccccc12. The Balaban J connectivity index is 1.87. The average Bonchev–Trinajstić information content (AvgIpc) is 2.56. The molecule has 0 saturated carbocycles. The fourth-order valence-corrected chi connectivity index (χ4v) is 3.87. The Hall–Kier alpha value is -1.39. The van der Waals surface area contributed by atoms with E-state index in [9.17, 15) is 8.42 Å². The summed E-state index contributed by atoms with van der Waals surface area (Å²) in [7, 11) is -3.69. The smallest absolute Gasteiger partial charge is 0.266 e. The second-order valence-corrected chi connectivity index (χ2v) is 7.46. The van der Waals surface area contributed by atoms with Crippen molar-refractivity contribution in [3.05, 3.63) is 42.5 Å². The zero-order valence-electron chi connectivity index (χ0n) is 13.8. The molecule has 0 bridgehead atoms.